The summed E-state index contributed by atoms with van der Waals surface area (Å²) in [4.78, 5) is 2.31. The van der Waals surface area contributed by atoms with Crippen LogP contribution in [0.5, 0.6) is 0 Å². The van der Waals surface area contributed by atoms with E-state index in [4.69, 9.17) is 5.73 Å². The molecule has 0 radical (unpaired) electrons. The molecule has 0 heterocycles. The van der Waals surface area contributed by atoms with Gasteiger partial charge < -0.3 is 10.6 Å². The Morgan fingerprint density at radius 3 is 2.56 bits per heavy atom. The Labute approximate surface area is 99.5 Å². The maximum absolute atomic E-state index is 5.88. The molecule has 90 valence electrons. The van der Waals surface area contributed by atoms with Crippen LogP contribution >= 0.6 is 0 Å². The van der Waals surface area contributed by atoms with Crippen molar-refractivity contribution in [1.29, 1.82) is 0 Å². The van der Waals surface area contributed by atoms with Gasteiger partial charge in [-0.1, -0.05) is 32.4 Å². The Hall–Kier alpha value is -1.02. The molecule has 0 spiro atoms. The number of hydrogen-bond acceptors (Lipinski definition) is 2. The van der Waals surface area contributed by atoms with Gasteiger partial charge in [0.15, 0.2) is 0 Å². The van der Waals surface area contributed by atoms with Crippen molar-refractivity contribution in [2.24, 2.45) is 11.7 Å². The lowest BCUT2D eigenvalue weighted by Crippen LogP contribution is -2.42. The lowest BCUT2D eigenvalue weighted by molar-refractivity contribution is 0.433. The molecule has 0 aromatic heterocycles. The fraction of sp³-hybridized carbons (Fsp3) is 0.571. The maximum atomic E-state index is 5.88. The Morgan fingerprint density at radius 2 is 2.06 bits per heavy atom. The van der Waals surface area contributed by atoms with Crippen molar-refractivity contribution in [2.45, 2.75) is 33.2 Å². The lowest BCUT2D eigenvalue weighted by Gasteiger charge is -2.33. The molecule has 2 N–H and O–H groups in total. The molecule has 0 aliphatic heterocycles. The quantitative estimate of drug-likeness (QED) is 0.826. The topological polar surface area (TPSA) is 29.3 Å². The number of aryl methyl sites for hydroxylation is 1. The number of nitrogens with two attached hydrogens (primary N) is 1. The third-order valence-corrected chi connectivity index (χ3v) is 3.45. The van der Waals surface area contributed by atoms with E-state index in [1.54, 1.807) is 0 Å². The van der Waals surface area contributed by atoms with Gasteiger partial charge in [0, 0.05) is 25.3 Å². The fourth-order valence-electron chi connectivity index (χ4n) is 2.08. The first-order valence-corrected chi connectivity index (χ1v) is 6.09. The number of rotatable bonds is 5. The SMILES string of the molecule is CCC(C)C(CN)N(C)c1cccc(C)c1. The Bertz CT molecular complexity index is 322. The van der Waals surface area contributed by atoms with Gasteiger partial charge in [0.2, 0.25) is 0 Å². The standard InChI is InChI=1S/C14H24N2/c1-5-12(3)14(10-15)16(4)13-8-6-7-11(2)9-13/h6-9,12,14H,5,10,15H2,1-4H3. The number of hydrogen-bond donors (Lipinski definition) is 1. The summed E-state index contributed by atoms with van der Waals surface area (Å²) in [6.07, 6.45) is 1.16. The van der Waals surface area contributed by atoms with Crippen LogP contribution in [0.15, 0.2) is 24.3 Å². The maximum Gasteiger partial charge on any atom is 0.0434 e. The highest BCUT2D eigenvalue weighted by atomic mass is 15.1. The summed E-state index contributed by atoms with van der Waals surface area (Å²) in [6.45, 7) is 7.32. The van der Waals surface area contributed by atoms with Crippen LogP contribution in [0.2, 0.25) is 0 Å². The van der Waals surface area contributed by atoms with Gasteiger partial charge in [-0.15, -0.1) is 0 Å². The molecule has 2 unspecified atom stereocenters. The normalized spacial score (nSPS) is 14.6. The molecule has 1 aromatic carbocycles. The van der Waals surface area contributed by atoms with E-state index >= 15 is 0 Å². The van der Waals surface area contributed by atoms with E-state index in [1.807, 2.05) is 0 Å². The summed E-state index contributed by atoms with van der Waals surface area (Å²) in [5.74, 6) is 0.621. The predicted molar refractivity (Wildman–Crippen MR) is 71.9 cm³/mol. The van der Waals surface area contributed by atoms with Gasteiger partial charge in [-0.2, -0.15) is 0 Å². The van der Waals surface area contributed by atoms with Crippen LogP contribution in [-0.4, -0.2) is 19.6 Å². The van der Waals surface area contributed by atoms with Crippen molar-refractivity contribution < 1.29 is 0 Å². The van der Waals surface area contributed by atoms with Crippen molar-refractivity contribution in [3.8, 4) is 0 Å². The highest BCUT2D eigenvalue weighted by Gasteiger charge is 2.19. The van der Waals surface area contributed by atoms with Gasteiger partial charge in [0.25, 0.3) is 0 Å². The molecule has 0 aliphatic rings. The van der Waals surface area contributed by atoms with Gasteiger partial charge in [0.05, 0.1) is 0 Å². The minimum Gasteiger partial charge on any atom is -0.370 e. The molecule has 2 nitrogen and oxygen atoms in total. The highest BCUT2D eigenvalue weighted by molar-refractivity contribution is 5.48. The van der Waals surface area contributed by atoms with Crippen molar-refractivity contribution in [3.05, 3.63) is 29.8 Å². The molecule has 0 amide bonds. The minimum atomic E-state index is 0.423. The Kier molecular flexibility index (Phi) is 4.81. The van der Waals surface area contributed by atoms with E-state index in [9.17, 15) is 0 Å². The molecule has 1 aromatic rings. The average Bonchev–Trinajstić information content (AvgIpc) is 2.29. The molecule has 2 atom stereocenters. The van der Waals surface area contributed by atoms with Gasteiger partial charge in [-0.3, -0.25) is 0 Å². The van der Waals surface area contributed by atoms with E-state index in [0.29, 0.717) is 18.5 Å². The summed E-state index contributed by atoms with van der Waals surface area (Å²) in [5.41, 5.74) is 8.44. The van der Waals surface area contributed by atoms with Crippen molar-refractivity contribution in [2.75, 3.05) is 18.5 Å². The molecule has 0 saturated heterocycles. The third kappa shape index (κ3) is 2.99. The number of benzene rings is 1. The molecule has 0 saturated carbocycles. The van der Waals surface area contributed by atoms with Crippen molar-refractivity contribution in [3.63, 3.8) is 0 Å². The van der Waals surface area contributed by atoms with Crippen molar-refractivity contribution in [1.82, 2.24) is 0 Å². The monoisotopic (exact) mass is 220 g/mol. The molecule has 2 heteroatoms. The summed E-state index contributed by atoms with van der Waals surface area (Å²) >= 11 is 0. The number of anilines is 1. The summed E-state index contributed by atoms with van der Waals surface area (Å²) in [6, 6.07) is 9.01. The zero-order valence-electron chi connectivity index (χ0n) is 10.9. The van der Waals surface area contributed by atoms with E-state index in [1.165, 1.54) is 11.3 Å². The molecule has 0 bridgehead atoms. The summed E-state index contributed by atoms with van der Waals surface area (Å²) in [7, 11) is 2.14. The van der Waals surface area contributed by atoms with Crippen LogP contribution in [0.1, 0.15) is 25.8 Å². The smallest absolute Gasteiger partial charge is 0.0434 e. The Morgan fingerprint density at radius 1 is 1.38 bits per heavy atom. The summed E-state index contributed by atoms with van der Waals surface area (Å²) < 4.78 is 0. The second-order valence-corrected chi connectivity index (χ2v) is 4.64. The second-order valence-electron chi connectivity index (χ2n) is 4.64. The van der Waals surface area contributed by atoms with E-state index in [0.717, 1.165) is 6.42 Å². The van der Waals surface area contributed by atoms with Crippen LogP contribution in [0, 0.1) is 12.8 Å². The van der Waals surface area contributed by atoms with Crippen LogP contribution in [0.3, 0.4) is 0 Å². The summed E-state index contributed by atoms with van der Waals surface area (Å²) in [5, 5.41) is 0. The van der Waals surface area contributed by atoms with Crippen LogP contribution in [0.4, 0.5) is 5.69 Å². The van der Waals surface area contributed by atoms with Crippen LogP contribution in [0.25, 0.3) is 0 Å². The number of likely N-dealkylation sites (N-methyl/N-ethyl adjacent to an activating group) is 1. The molecule has 1 rings (SSSR count). The average molecular weight is 220 g/mol. The number of nitrogens with zero attached hydrogens (tertiary/aromatic N) is 1. The predicted octanol–water partition coefficient (Wildman–Crippen LogP) is 2.80. The molecular formula is C14H24N2. The van der Waals surface area contributed by atoms with Crippen LogP contribution in [-0.2, 0) is 0 Å². The van der Waals surface area contributed by atoms with Crippen molar-refractivity contribution >= 4 is 5.69 Å². The lowest BCUT2D eigenvalue weighted by atomic mass is 9.97. The van der Waals surface area contributed by atoms with Crippen LogP contribution < -0.4 is 10.6 Å². The van der Waals surface area contributed by atoms with Gasteiger partial charge >= 0.3 is 0 Å². The zero-order valence-corrected chi connectivity index (χ0v) is 10.9. The van der Waals surface area contributed by atoms with E-state index in [2.05, 4.69) is 57.0 Å². The molecule has 0 aliphatic carbocycles. The first-order chi connectivity index (χ1) is 7.60. The third-order valence-electron chi connectivity index (χ3n) is 3.45. The fourth-order valence-corrected chi connectivity index (χ4v) is 2.08. The van der Waals surface area contributed by atoms with Gasteiger partial charge in [0.1, 0.15) is 0 Å². The van der Waals surface area contributed by atoms with E-state index < -0.39 is 0 Å². The second kappa shape index (κ2) is 5.90. The van der Waals surface area contributed by atoms with E-state index in [-0.39, 0.29) is 0 Å². The first-order valence-electron chi connectivity index (χ1n) is 6.09. The van der Waals surface area contributed by atoms with Gasteiger partial charge in [-0.25, -0.2) is 0 Å². The molecular weight excluding hydrogens is 196 g/mol. The first kappa shape index (κ1) is 13.0. The largest absolute Gasteiger partial charge is 0.370 e. The zero-order chi connectivity index (χ0) is 12.1. The highest BCUT2D eigenvalue weighted by Crippen LogP contribution is 2.21. The van der Waals surface area contributed by atoms with Gasteiger partial charge in [-0.05, 0) is 30.5 Å². The minimum absolute atomic E-state index is 0.423. The molecule has 0 fully saturated rings. The molecule has 16 heavy (non-hydrogen) atoms. The Balaban J connectivity index is 2.86.